The predicted molar refractivity (Wildman–Crippen MR) is 71.2 cm³/mol. The maximum absolute atomic E-state index is 12.1. The van der Waals surface area contributed by atoms with Crippen molar-refractivity contribution in [3.8, 4) is 0 Å². The summed E-state index contributed by atoms with van der Waals surface area (Å²) in [6.45, 7) is 0. The highest BCUT2D eigenvalue weighted by atomic mass is 79.9. The second-order valence-electron chi connectivity index (χ2n) is 4.45. The van der Waals surface area contributed by atoms with Gasteiger partial charge in [-0.2, -0.15) is 0 Å². The van der Waals surface area contributed by atoms with Crippen molar-refractivity contribution < 1.29 is 14.7 Å². The van der Waals surface area contributed by atoms with E-state index in [4.69, 9.17) is 5.11 Å². The Kier molecular flexibility index (Phi) is 4.01. The lowest BCUT2D eigenvalue weighted by Gasteiger charge is -2.16. The average Bonchev–Trinajstić information content (AvgIpc) is 2.81. The molecule has 0 heterocycles. The van der Waals surface area contributed by atoms with Crippen molar-refractivity contribution in [1.29, 1.82) is 0 Å². The molecule has 18 heavy (non-hydrogen) atoms. The second-order valence-corrected chi connectivity index (χ2v) is 5.31. The van der Waals surface area contributed by atoms with Gasteiger partial charge < -0.3 is 10.4 Å². The Morgan fingerprint density at radius 2 is 1.89 bits per heavy atom. The molecule has 2 rings (SSSR count). The first kappa shape index (κ1) is 13.1. The third-order valence-corrected chi connectivity index (χ3v) is 3.99. The van der Waals surface area contributed by atoms with Gasteiger partial charge >= 0.3 is 5.97 Å². The first-order chi connectivity index (χ1) is 8.59. The molecular weight excluding hydrogens is 298 g/mol. The van der Waals surface area contributed by atoms with Crippen LogP contribution >= 0.6 is 15.9 Å². The molecule has 1 aliphatic rings. The molecule has 1 saturated carbocycles. The Bertz CT molecular complexity index is 475. The summed E-state index contributed by atoms with van der Waals surface area (Å²) in [7, 11) is 0. The Morgan fingerprint density at radius 3 is 2.56 bits per heavy atom. The van der Waals surface area contributed by atoms with Crippen molar-refractivity contribution in [2.24, 2.45) is 11.8 Å². The summed E-state index contributed by atoms with van der Waals surface area (Å²) in [5.41, 5.74) is 0.679. The molecule has 5 heteroatoms. The summed E-state index contributed by atoms with van der Waals surface area (Å²) >= 11 is 3.35. The van der Waals surface area contributed by atoms with E-state index in [0.29, 0.717) is 18.5 Å². The quantitative estimate of drug-likeness (QED) is 0.902. The van der Waals surface area contributed by atoms with Crippen LogP contribution < -0.4 is 5.32 Å². The molecule has 0 radical (unpaired) electrons. The Hall–Kier alpha value is -1.36. The number of carboxylic acid groups (broad SMARTS) is 1. The number of anilines is 1. The monoisotopic (exact) mass is 311 g/mol. The summed E-state index contributed by atoms with van der Waals surface area (Å²) in [5.74, 6) is -2.05. The number of carbonyl (C=O) groups is 2. The van der Waals surface area contributed by atoms with Crippen LogP contribution in [-0.2, 0) is 9.59 Å². The maximum atomic E-state index is 12.1. The van der Waals surface area contributed by atoms with E-state index in [0.717, 1.165) is 10.9 Å². The minimum absolute atomic E-state index is 0.202. The number of hydrogen-bond donors (Lipinski definition) is 2. The van der Waals surface area contributed by atoms with Crippen LogP contribution in [0.1, 0.15) is 19.3 Å². The highest BCUT2D eigenvalue weighted by Gasteiger charge is 2.37. The third-order valence-electron chi connectivity index (χ3n) is 3.30. The van der Waals surface area contributed by atoms with Gasteiger partial charge in [0.2, 0.25) is 5.91 Å². The SMILES string of the molecule is O=C(O)[C@H]1CCC[C@H]1C(=O)Nc1ccccc1Br. The molecule has 1 aromatic carbocycles. The number of para-hydroxylation sites is 1. The van der Waals surface area contributed by atoms with Crippen LogP contribution in [0.25, 0.3) is 0 Å². The molecule has 2 atom stereocenters. The number of nitrogens with one attached hydrogen (secondary N) is 1. The molecule has 0 bridgehead atoms. The first-order valence-corrected chi connectivity index (χ1v) is 6.67. The van der Waals surface area contributed by atoms with Crippen LogP contribution in [0, 0.1) is 11.8 Å². The van der Waals surface area contributed by atoms with E-state index in [1.54, 1.807) is 6.07 Å². The Morgan fingerprint density at radius 1 is 1.22 bits per heavy atom. The average molecular weight is 312 g/mol. The largest absolute Gasteiger partial charge is 0.481 e. The fourth-order valence-corrected chi connectivity index (χ4v) is 2.74. The van der Waals surface area contributed by atoms with Crippen LogP contribution in [0.2, 0.25) is 0 Å². The lowest BCUT2D eigenvalue weighted by molar-refractivity contribution is -0.145. The highest BCUT2D eigenvalue weighted by Crippen LogP contribution is 2.33. The molecule has 0 aliphatic heterocycles. The van der Waals surface area contributed by atoms with Crippen molar-refractivity contribution in [3.63, 3.8) is 0 Å². The van der Waals surface area contributed by atoms with Gasteiger partial charge in [0.25, 0.3) is 0 Å². The molecule has 0 spiro atoms. The second kappa shape index (κ2) is 5.52. The van der Waals surface area contributed by atoms with Gasteiger partial charge in [0, 0.05) is 4.47 Å². The lowest BCUT2D eigenvalue weighted by atomic mass is 9.95. The van der Waals surface area contributed by atoms with Crippen LogP contribution in [0.3, 0.4) is 0 Å². The molecular formula is C13H14BrNO3. The zero-order valence-corrected chi connectivity index (χ0v) is 11.3. The standard InChI is InChI=1S/C13H14BrNO3/c14-10-6-1-2-7-11(10)15-12(16)8-4-3-5-9(8)13(17)18/h1-2,6-9H,3-5H2,(H,15,16)(H,17,18)/t8-,9+/m1/s1. The van der Waals surface area contributed by atoms with Gasteiger partial charge in [0.15, 0.2) is 0 Å². The molecule has 96 valence electrons. The van der Waals surface area contributed by atoms with E-state index >= 15 is 0 Å². The smallest absolute Gasteiger partial charge is 0.307 e. The van der Waals surface area contributed by atoms with Crippen molar-refractivity contribution >= 4 is 33.5 Å². The van der Waals surface area contributed by atoms with Crippen LogP contribution in [0.5, 0.6) is 0 Å². The molecule has 1 fully saturated rings. The number of hydrogen-bond acceptors (Lipinski definition) is 2. The van der Waals surface area contributed by atoms with Crippen molar-refractivity contribution in [2.75, 3.05) is 5.32 Å². The van der Waals surface area contributed by atoms with Gasteiger partial charge in [0.05, 0.1) is 17.5 Å². The van der Waals surface area contributed by atoms with E-state index in [1.807, 2.05) is 18.2 Å². The van der Waals surface area contributed by atoms with E-state index in [9.17, 15) is 9.59 Å². The van der Waals surface area contributed by atoms with Gasteiger partial charge in [-0.1, -0.05) is 18.6 Å². The molecule has 1 amide bonds. The number of rotatable bonds is 3. The number of amides is 1. The van der Waals surface area contributed by atoms with Gasteiger partial charge in [-0.3, -0.25) is 9.59 Å². The van der Waals surface area contributed by atoms with Crippen molar-refractivity contribution in [1.82, 2.24) is 0 Å². The number of carbonyl (C=O) groups excluding carboxylic acids is 1. The number of benzene rings is 1. The predicted octanol–water partition coefficient (Wildman–Crippen LogP) is 2.89. The van der Waals surface area contributed by atoms with Gasteiger partial charge in [-0.25, -0.2) is 0 Å². The highest BCUT2D eigenvalue weighted by molar-refractivity contribution is 9.10. The number of aliphatic carboxylic acids is 1. The molecule has 2 N–H and O–H groups in total. The normalized spacial score (nSPS) is 22.7. The molecule has 0 saturated heterocycles. The van der Waals surface area contributed by atoms with Crippen LogP contribution in [0.15, 0.2) is 28.7 Å². The van der Waals surface area contributed by atoms with Crippen LogP contribution in [0.4, 0.5) is 5.69 Å². The summed E-state index contributed by atoms with van der Waals surface area (Å²) in [5, 5.41) is 11.9. The third kappa shape index (κ3) is 2.72. The zero-order valence-electron chi connectivity index (χ0n) is 9.73. The molecule has 0 aromatic heterocycles. The minimum Gasteiger partial charge on any atom is -0.481 e. The zero-order chi connectivity index (χ0) is 13.1. The van der Waals surface area contributed by atoms with Crippen molar-refractivity contribution in [3.05, 3.63) is 28.7 Å². The van der Waals surface area contributed by atoms with E-state index in [2.05, 4.69) is 21.2 Å². The Labute approximate surface area is 114 Å². The van der Waals surface area contributed by atoms with Gasteiger partial charge in [-0.15, -0.1) is 0 Å². The number of halogens is 1. The maximum Gasteiger partial charge on any atom is 0.307 e. The van der Waals surface area contributed by atoms with E-state index in [-0.39, 0.29) is 5.91 Å². The minimum atomic E-state index is -0.875. The van der Waals surface area contributed by atoms with Gasteiger partial charge in [0.1, 0.15) is 0 Å². The first-order valence-electron chi connectivity index (χ1n) is 5.88. The summed E-state index contributed by atoms with van der Waals surface area (Å²) in [6, 6.07) is 7.30. The summed E-state index contributed by atoms with van der Waals surface area (Å²) in [6.07, 6.45) is 2.03. The Balaban J connectivity index is 2.08. The fourth-order valence-electron chi connectivity index (χ4n) is 2.36. The summed E-state index contributed by atoms with van der Waals surface area (Å²) in [4.78, 5) is 23.1. The van der Waals surface area contributed by atoms with Crippen LogP contribution in [-0.4, -0.2) is 17.0 Å². The van der Waals surface area contributed by atoms with Crippen molar-refractivity contribution in [2.45, 2.75) is 19.3 Å². The fraction of sp³-hybridized carbons (Fsp3) is 0.385. The molecule has 1 aliphatic carbocycles. The molecule has 1 aromatic rings. The van der Waals surface area contributed by atoms with E-state index < -0.39 is 17.8 Å². The molecule has 4 nitrogen and oxygen atoms in total. The number of carboxylic acids is 1. The van der Waals surface area contributed by atoms with E-state index in [1.165, 1.54) is 0 Å². The topological polar surface area (TPSA) is 66.4 Å². The van der Waals surface area contributed by atoms with Gasteiger partial charge in [-0.05, 0) is 40.9 Å². The lowest BCUT2D eigenvalue weighted by Crippen LogP contribution is -2.30. The molecule has 0 unspecified atom stereocenters. The summed E-state index contributed by atoms with van der Waals surface area (Å²) < 4.78 is 0.795.